The van der Waals surface area contributed by atoms with E-state index in [0.29, 0.717) is 12.1 Å². The van der Waals surface area contributed by atoms with Crippen molar-refractivity contribution in [2.24, 2.45) is 5.73 Å². The zero-order valence-electron chi connectivity index (χ0n) is 10.9. The van der Waals surface area contributed by atoms with Crippen LogP contribution in [0.5, 0.6) is 0 Å². The molecule has 0 saturated heterocycles. The molecule has 0 aromatic heterocycles. The molecule has 3 heteroatoms. The van der Waals surface area contributed by atoms with Crippen LogP contribution in [-0.4, -0.2) is 6.54 Å². The Morgan fingerprint density at radius 1 is 1.16 bits per heavy atom. The average molecular weight is 322 g/mol. The summed E-state index contributed by atoms with van der Waals surface area (Å²) in [7, 11) is 0. The van der Waals surface area contributed by atoms with Crippen LogP contribution in [0.2, 0.25) is 0 Å². The lowest BCUT2D eigenvalue weighted by Gasteiger charge is -2.29. The zero-order valence-corrected chi connectivity index (χ0v) is 12.5. The molecule has 0 amide bonds. The Hall–Kier alpha value is -1.19. The molecule has 2 N–H and O–H groups in total. The van der Waals surface area contributed by atoms with Crippen molar-refractivity contribution in [1.82, 2.24) is 0 Å². The Bertz CT molecular complexity index is 556. The Kier molecular flexibility index (Phi) is 4.38. The van der Waals surface area contributed by atoms with Crippen LogP contribution in [0.3, 0.4) is 0 Å². The third-order valence-electron chi connectivity index (χ3n) is 3.47. The van der Waals surface area contributed by atoms with Gasteiger partial charge >= 0.3 is 0 Å². The minimum atomic E-state index is -0.408. The molecule has 0 aliphatic rings. The smallest absolute Gasteiger partial charge is 0.127 e. The molecule has 2 rings (SSSR count). The van der Waals surface area contributed by atoms with Crippen molar-refractivity contribution in [3.63, 3.8) is 0 Å². The number of rotatable bonds is 4. The molecule has 100 valence electrons. The first kappa shape index (κ1) is 14.2. The van der Waals surface area contributed by atoms with Crippen LogP contribution >= 0.6 is 15.9 Å². The predicted octanol–water partition coefficient (Wildman–Crippen LogP) is 4.05. The third-order valence-corrected chi connectivity index (χ3v) is 3.96. The highest BCUT2D eigenvalue weighted by molar-refractivity contribution is 9.10. The molecular weight excluding hydrogens is 305 g/mol. The van der Waals surface area contributed by atoms with Crippen molar-refractivity contribution in [3.8, 4) is 0 Å². The summed E-state index contributed by atoms with van der Waals surface area (Å²) in [5.74, 6) is -0.202. The summed E-state index contributed by atoms with van der Waals surface area (Å²) in [6.45, 7) is 2.40. The minimum absolute atomic E-state index is 0.202. The van der Waals surface area contributed by atoms with Gasteiger partial charge in [-0.15, -0.1) is 0 Å². The highest BCUT2D eigenvalue weighted by Crippen LogP contribution is 2.31. The van der Waals surface area contributed by atoms with Gasteiger partial charge in [-0.2, -0.15) is 0 Å². The number of benzene rings is 2. The first-order chi connectivity index (χ1) is 9.05. The van der Waals surface area contributed by atoms with E-state index in [1.54, 1.807) is 6.07 Å². The Labute approximate surface area is 121 Å². The molecule has 0 aliphatic carbocycles. The van der Waals surface area contributed by atoms with E-state index in [1.807, 2.05) is 43.3 Å². The second-order valence-corrected chi connectivity index (χ2v) is 5.97. The van der Waals surface area contributed by atoms with Gasteiger partial charge in [-0.3, -0.25) is 0 Å². The van der Waals surface area contributed by atoms with Gasteiger partial charge in [-0.25, -0.2) is 4.39 Å². The summed E-state index contributed by atoms with van der Waals surface area (Å²) in [5.41, 5.74) is 7.34. The van der Waals surface area contributed by atoms with Gasteiger partial charge in [0.15, 0.2) is 0 Å². The number of hydrogen-bond donors (Lipinski definition) is 1. The summed E-state index contributed by atoms with van der Waals surface area (Å²) < 4.78 is 15.0. The van der Waals surface area contributed by atoms with Crippen molar-refractivity contribution in [2.45, 2.75) is 18.8 Å². The summed E-state index contributed by atoms with van der Waals surface area (Å²) in [4.78, 5) is 0. The van der Waals surface area contributed by atoms with E-state index in [-0.39, 0.29) is 5.82 Å². The number of nitrogens with two attached hydrogens (primary N) is 1. The lowest BCUT2D eigenvalue weighted by Crippen LogP contribution is -2.35. The van der Waals surface area contributed by atoms with Crippen LogP contribution in [0.15, 0.2) is 53.0 Å². The summed E-state index contributed by atoms with van der Waals surface area (Å²) in [6, 6.07) is 15.1. The number of hydrogen-bond acceptors (Lipinski definition) is 1. The highest BCUT2D eigenvalue weighted by atomic mass is 79.9. The van der Waals surface area contributed by atoms with Gasteiger partial charge in [0.2, 0.25) is 0 Å². The van der Waals surface area contributed by atoms with Crippen molar-refractivity contribution in [1.29, 1.82) is 0 Å². The van der Waals surface area contributed by atoms with E-state index in [0.717, 1.165) is 16.5 Å². The van der Waals surface area contributed by atoms with E-state index in [4.69, 9.17) is 5.73 Å². The normalized spacial score (nSPS) is 14.1. The van der Waals surface area contributed by atoms with Gasteiger partial charge in [0.25, 0.3) is 0 Å². The maximum atomic E-state index is 14.1. The second-order valence-electron chi connectivity index (χ2n) is 5.05. The standard InChI is InChI=1S/C16H17BrFN/c1-16(11-19,10-12-5-3-2-4-6-12)14-9-13(17)7-8-15(14)18/h2-9H,10-11,19H2,1H3. The molecule has 1 atom stereocenters. The van der Waals surface area contributed by atoms with Crippen molar-refractivity contribution in [2.75, 3.05) is 6.54 Å². The first-order valence-corrected chi connectivity index (χ1v) is 7.04. The number of halogens is 2. The summed E-state index contributed by atoms with van der Waals surface area (Å²) in [6.07, 6.45) is 0.720. The van der Waals surface area contributed by atoms with Crippen molar-refractivity contribution < 1.29 is 4.39 Å². The van der Waals surface area contributed by atoms with E-state index in [9.17, 15) is 4.39 Å². The lowest BCUT2D eigenvalue weighted by molar-refractivity contribution is 0.450. The third kappa shape index (κ3) is 3.23. The fourth-order valence-corrected chi connectivity index (χ4v) is 2.64. The molecule has 0 fully saturated rings. The van der Waals surface area contributed by atoms with E-state index in [1.165, 1.54) is 6.07 Å². The Morgan fingerprint density at radius 3 is 2.47 bits per heavy atom. The molecule has 0 heterocycles. The molecule has 0 saturated carbocycles. The molecule has 1 unspecified atom stereocenters. The Morgan fingerprint density at radius 2 is 1.84 bits per heavy atom. The van der Waals surface area contributed by atoms with Crippen LogP contribution < -0.4 is 5.73 Å². The molecule has 1 nitrogen and oxygen atoms in total. The van der Waals surface area contributed by atoms with Gasteiger partial charge in [0.05, 0.1) is 0 Å². The molecule has 0 radical (unpaired) electrons. The average Bonchev–Trinajstić information content (AvgIpc) is 2.42. The molecule has 0 aliphatic heterocycles. The fraction of sp³-hybridized carbons (Fsp3) is 0.250. The molecule has 0 bridgehead atoms. The van der Waals surface area contributed by atoms with Crippen molar-refractivity contribution >= 4 is 15.9 Å². The van der Waals surface area contributed by atoms with Crippen LogP contribution in [0.1, 0.15) is 18.1 Å². The summed E-state index contributed by atoms with van der Waals surface area (Å²) in [5, 5.41) is 0. The quantitative estimate of drug-likeness (QED) is 0.903. The van der Waals surface area contributed by atoms with Gasteiger partial charge in [-0.05, 0) is 35.7 Å². The fourth-order valence-electron chi connectivity index (χ4n) is 2.28. The van der Waals surface area contributed by atoms with Crippen LogP contribution in [-0.2, 0) is 11.8 Å². The molecular formula is C16H17BrFN. The highest BCUT2D eigenvalue weighted by Gasteiger charge is 2.28. The van der Waals surface area contributed by atoms with E-state index < -0.39 is 5.41 Å². The lowest BCUT2D eigenvalue weighted by atomic mass is 9.77. The van der Waals surface area contributed by atoms with Gasteiger partial charge < -0.3 is 5.73 Å². The van der Waals surface area contributed by atoms with E-state index in [2.05, 4.69) is 15.9 Å². The monoisotopic (exact) mass is 321 g/mol. The maximum absolute atomic E-state index is 14.1. The predicted molar refractivity (Wildman–Crippen MR) is 80.7 cm³/mol. The van der Waals surface area contributed by atoms with Crippen molar-refractivity contribution in [3.05, 3.63) is 69.9 Å². The van der Waals surface area contributed by atoms with Crippen LogP contribution in [0, 0.1) is 5.82 Å². The minimum Gasteiger partial charge on any atom is -0.330 e. The topological polar surface area (TPSA) is 26.0 Å². The van der Waals surface area contributed by atoms with E-state index >= 15 is 0 Å². The second kappa shape index (κ2) is 5.85. The largest absolute Gasteiger partial charge is 0.330 e. The van der Waals surface area contributed by atoms with Gasteiger partial charge in [0, 0.05) is 16.4 Å². The Balaban J connectivity index is 2.39. The zero-order chi connectivity index (χ0) is 13.9. The first-order valence-electron chi connectivity index (χ1n) is 6.25. The molecule has 2 aromatic carbocycles. The molecule has 19 heavy (non-hydrogen) atoms. The van der Waals surface area contributed by atoms with Crippen LogP contribution in [0.4, 0.5) is 4.39 Å². The van der Waals surface area contributed by atoms with Gasteiger partial charge in [-0.1, -0.05) is 53.2 Å². The maximum Gasteiger partial charge on any atom is 0.127 e. The molecule has 0 spiro atoms. The summed E-state index contributed by atoms with van der Waals surface area (Å²) >= 11 is 3.40. The SMILES string of the molecule is CC(CN)(Cc1ccccc1)c1cc(Br)ccc1F. The van der Waals surface area contributed by atoms with Gasteiger partial charge in [0.1, 0.15) is 5.82 Å². The molecule has 2 aromatic rings. The van der Waals surface area contributed by atoms with Crippen LogP contribution in [0.25, 0.3) is 0 Å².